The van der Waals surface area contributed by atoms with Crippen molar-refractivity contribution in [2.45, 2.75) is 32.9 Å². The summed E-state index contributed by atoms with van der Waals surface area (Å²) in [5.74, 6) is 5.24. The Bertz CT molecular complexity index is 983. The standard InChI is InChI=1S/C24H27NO6/c1-24(2,3)31-23(27)25(16-17-10-8-7-9-11-17)20-14-18(28-4)15-21(29-5)19(20)12-13-22(26)30-6/h7-11,14-15H,16H2,1-6H3. The molecular formula is C24H27NO6. The molecular weight excluding hydrogens is 398 g/mol. The highest BCUT2D eigenvalue weighted by Gasteiger charge is 2.27. The average Bonchev–Trinajstić information content (AvgIpc) is 2.74. The van der Waals surface area contributed by atoms with E-state index in [-0.39, 0.29) is 6.54 Å². The van der Waals surface area contributed by atoms with E-state index >= 15 is 0 Å². The number of hydrogen-bond donors (Lipinski definition) is 0. The molecule has 7 nitrogen and oxygen atoms in total. The van der Waals surface area contributed by atoms with Crippen molar-refractivity contribution in [1.82, 2.24) is 0 Å². The van der Waals surface area contributed by atoms with Crippen molar-refractivity contribution in [3.05, 3.63) is 53.6 Å². The topological polar surface area (TPSA) is 74.3 Å². The van der Waals surface area contributed by atoms with Gasteiger partial charge in [0.05, 0.1) is 39.1 Å². The highest BCUT2D eigenvalue weighted by Crippen LogP contribution is 2.35. The molecule has 2 aromatic rings. The summed E-state index contributed by atoms with van der Waals surface area (Å²) in [7, 11) is 4.22. The summed E-state index contributed by atoms with van der Waals surface area (Å²) in [4.78, 5) is 26.3. The Labute approximate surface area is 182 Å². The molecule has 0 spiro atoms. The SMILES string of the molecule is COC(=O)C#Cc1c(OC)cc(OC)cc1N(Cc1ccccc1)C(=O)OC(C)(C)C. The number of carbonyl (C=O) groups excluding carboxylic acids is 2. The van der Waals surface area contributed by atoms with Crippen LogP contribution in [0.2, 0.25) is 0 Å². The van der Waals surface area contributed by atoms with Crippen LogP contribution in [0.3, 0.4) is 0 Å². The zero-order valence-electron chi connectivity index (χ0n) is 18.6. The number of nitrogens with zero attached hydrogens (tertiary/aromatic N) is 1. The van der Waals surface area contributed by atoms with Gasteiger partial charge in [-0.15, -0.1) is 0 Å². The Morgan fingerprint density at radius 2 is 1.68 bits per heavy atom. The summed E-state index contributed by atoms with van der Waals surface area (Å²) < 4.78 is 21.1. The van der Waals surface area contributed by atoms with Crippen LogP contribution in [0.15, 0.2) is 42.5 Å². The van der Waals surface area contributed by atoms with Gasteiger partial charge in [0.2, 0.25) is 0 Å². The summed E-state index contributed by atoms with van der Waals surface area (Å²) in [5, 5.41) is 0. The van der Waals surface area contributed by atoms with Gasteiger partial charge in [0.15, 0.2) is 0 Å². The van der Waals surface area contributed by atoms with Gasteiger partial charge in [0, 0.05) is 18.1 Å². The molecule has 0 atom stereocenters. The maximum absolute atomic E-state index is 13.2. The molecule has 2 rings (SSSR count). The van der Waals surface area contributed by atoms with Crippen molar-refractivity contribution in [1.29, 1.82) is 0 Å². The van der Waals surface area contributed by atoms with Crippen molar-refractivity contribution in [3.63, 3.8) is 0 Å². The number of hydrogen-bond acceptors (Lipinski definition) is 6. The van der Waals surface area contributed by atoms with Gasteiger partial charge < -0.3 is 18.9 Å². The minimum atomic E-state index is -0.715. The van der Waals surface area contributed by atoms with Crippen LogP contribution < -0.4 is 14.4 Å². The Balaban J connectivity index is 2.69. The molecule has 0 saturated heterocycles. The van der Waals surface area contributed by atoms with E-state index in [4.69, 9.17) is 14.2 Å². The normalized spacial score (nSPS) is 10.4. The highest BCUT2D eigenvalue weighted by atomic mass is 16.6. The second kappa shape index (κ2) is 10.4. The van der Waals surface area contributed by atoms with Crippen LogP contribution in [0, 0.1) is 11.8 Å². The minimum absolute atomic E-state index is 0.207. The van der Waals surface area contributed by atoms with E-state index in [1.54, 1.807) is 32.9 Å². The van der Waals surface area contributed by atoms with Crippen LogP contribution in [-0.4, -0.2) is 39.0 Å². The molecule has 0 aliphatic carbocycles. The second-order valence-electron chi connectivity index (χ2n) is 7.52. The van der Waals surface area contributed by atoms with E-state index in [2.05, 4.69) is 16.6 Å². The predicted octanol–water partition coefficient (Wildman–Crippen LogP) is 4.17. The molecule has 0 aliphatic heterocycles. The van der Waals surface area contributed by atoms with Crippen LogP contribution in [0.1, 0.15) is 31.9 Å². The van der Waals surface area contributed by atoms with Gasteiger partial charge in [-0.1, -0.05) is 30.3 Å². The molecule has 0 bridgehead atoms. The van der Waals surface area contributed by atoms with Crippen molar-refractivity contribution in [3.8, 4) is 23.3 Å². The van der Waals surface area contributed by atoms with Gasteiger partial charge >= 0.3 is 12.1 Å². The maximum Gasteiger partial charge on any atom is 0.415 e. The minimum Gasteiger partial charge on any atom is -0.497 e. The van der Waals surface area contributed by atoms with Crippen molar-refractivity contribution in [2.75, 3.05) is 26.2 Å². The fourth-order valence-corrected chi connectivity index (χ4v) is 2.69. The lowest BCUT2D eigenvalue weighted by atomic mass is 10.1. The first-order valence-electron chi connectivity index (χ1n) is 9.59. The lowest BCUT2D eigenvalue weighted by molar-refractivity contribution is -0.133. The first-order valence-corrected chi connectivity index (χ1v) is 9.59. The smallest absolute Gasteiger partial charge is 0.415 e. The van der Waals surface area contributed by atoms with E-state index < -0.39 is 17.7 Å². The van der Waals surface area contributed by atoms with E-state index in [9.17, 15) is 9.59 Å². The molecule has 0 aliphatic rings. The van der Waals surface area contributed by atoms with Crippen LogP contribution in [-0.2, 0) is 20.8 Å². The van der Waals surface area contributed by atoms with Gasteiger partial charge in [-0.05, 0) is 32.3 Å². The van der Waals surface area contributed by atoms with Crippen LogP contribution in [0.5, 0.6) is 11.5 Å². The number of rotatable bonds is 5. The quantitative estimate of drug-likeness (QED) is 0.529. The molecule has 31 heavy (non-hydrogen) atoms. The van der Waals surface area contributed by atoms with E-state index in [0.29, 0.717) is 22.7 Å². The Hall–Kier alpha value is -3.66. The fraction of sp³-hybridized carbons (Fsp3) is 0.333. The molecule has 2 aromatic carbocycles. The first-order chi connectivity index (χ1) is 14.7. The molecule has 0 saturated carbocycles. The van der Waals surface area contributed by atoms with Crippen molar-refractivity contribution in [2.24, 2.45) is 0 Å². The van der Waals surface area contributed by atoms with E-state index in [1.807, 2.05) is 30.3 Å². The third-order valence-corrected chi connectivity index (χ3v) is 4.07. The fourth-order valence-electron chi connectivity index (χ4n) is 2.69. The van der Waals surface area contributed by atoms with Gasteiger partial charge in [-0.3, -0.25) is 4.90 Å². The number of anilines is 1. The summed E-state index contributed by atoms with van der Waals surface area (Å²) in [6.07, 6.45) is -0.576. The number of benzene rings is 2. The Kier molecular flexibility index (Phi) is 7.92. The zero-order valence-corrected chi connectivity index (χ0v) is 18.6. The lowest BCUT2D eigenvalue weighted by Gasteiger charge is -2.29. The second-order valence-corrected chi connectivity index (χ2v) is 7.52. The largest absolute Gasteiger partial charge is 0.497 e. The summed E-state index contributed by atoms with van der Waals surface area (Å²) >= 11 is 0. The third kappa shape index (κ3) is 6.68. The highest BCUT2D eigenvalue weighted by molar-refractivity contribution is 5.93. The third-order valence-electron chi connectivity index (χ3n) is 4.07. The van der Waals surface area contributed by atoms with E-state index in [0.717, 1.165) is 5.56 Å². The summed E-state index contributed by atoms with van der Waals surface area (Å²) in [6, 6.07) is 12.7. The van der Waals surface area contributed by atoms with E-state index in [1.165, 1.54) is 26.2 Å². The maximum atomic E-state index is 13.2. The van der Waals surface area contributed by atoms with Gasteiger partial charge in [0.1, 0.15) is 17.1 Å². The molecule has 7 heteroatoms. The monoisotopic (exact) mass is 425 g/mol. The number of ether oxygens (including phenoxy) is 4. The van der Waals surface area contributed by atoms with Crippen LogP contribution in [0.4, 0.5) is 10.5 Å². The average molecular weight is 425 g/mol. The van der Waals surface area contributed by atoms with Crippen molar-refractivity contribution < 1.29 is 28.5 Å². The molecule has 0 aromatic heterocycles. The zero-order chi connectivity index (χ0) is 23.0. The summed E-state index contributed by atoms with van der Waals surface area (Å²) in [6.45, 7) is 5.57. The molecule has 164 valence electrons. The van der Waals surface area contributed by atoms with Gasteiger partial charge in [-0.25, -0.2) is 9.59 Å². The molecule has 0 fully saturated rings. The van der Waals surface area contributed by atoms with Crippen LogP contribution >= 0.6 is 0 Å². The molecule has 0 N–H and O–H groups in total. The number of methoxy groups -OCH3 is 3. The van der Waals surface area contributed by atoms with Gasteiger partial charge in [-0.2, -0.15) is 0 Å². The van der Waals surface area contributed by atoms with Crippen LogP contribution in [0.25, 0.3) is 0 Å². The summed E-state index contributed by atoms with van der Waals surface area (Å²) in [5.41, 5.74) is 0.871. The molecule has 0 radical (unpaired) electrons. The Morgan fingerprint density at radius 1 is 1.00 bits per heavy atom. The number of esters is 1. The number of amides is 1. The molecule has 0 unspecified atom stereocenters. The number of carbonyl (C=O) groups is 2. The molecule has 0 heterocycles. The van der Waals surface area contributed by atoms with Crippen molar-refractivity contribution >= 4 is 17.7 Å². The van der Waals surface area contributed by atoms with Gasteiger partial charge in [0.25, 0.3) is 0 Å². The predicted molar refractivity (Wildman–Crippen MR) is 117 cm³/mol. The Morgan fingerprint density at radius 3 is 2.23 bits per heavy atom. The first kappa shape index (κ1) is 23.6. The molecule has 1 amide bonds. The lowest BCUT2D eigenvalue weighted by Crippen LogP contribution is -2.37.